The molecule has 1 heterocycles. The number of thioether (sulfide) groups is 1. The second-order valence-corrected chi connectivity index (χ2v) is 5.93. The summed E-state index contributed by atoms with van der Waals surface area (Å²) in [6.45, 7) is 0. The van der Waals surface area contributed by atoms with E-state index in [1.165, 1.54) is 12.2 Å². The van der Waals surface area contributed by atoms with Gasteiger partial charge in [0.2, 0.25) is 0 Å². The molecule has 0 aromatic heterocycles. The normalized spacial score (nSPS) is 22.3. The first-order valence-corrected chi connectivity index (χ1v) is 7.12. The lowest BCUT2D eigenvalue weighted by molar-refractivity contribution is 0.401. The van der Waals surface area contributed by atoms with E-state index in [2.05, 4.69) is 5.43 Å². The van der Waals surface area contributed by atoms with Gasteiger partial charge in [-0.05, 0) is 47.6 Å². The second-order valence-electron chi connectivity index (χ2n) is 3.93. The molecule has 1 aromatic rings. The van der Waals surface area contributed by atoms with Crippen molar-refractivity contribution in [3.63, 3.8) is 0 Å². The minimum Gasteiger partial charge on any atom is -0.271 e. The Morgan fingerprint density at radius 1 is 1.44 bits per heavy atom. The maximum absolute atomic E-state index is 6.19. The number of hydrogen-bond acceptors (Lipinski definition) is 3. The zero-order valence-electron chi connectivity index (χ0n) is 8.75. The van der Waals surface area contributed by atoms with Crippen LogP contribution >= 0.6 is 35.0 Å². The fourth-order valence-corrected chi connectivity index (χ4v) is 3.76. The van der Waals surface area contributed by atoms with Crippen LogP contribution in [-0.4, -0.2) is 11.5 Å². The molecule has 1 saturated heterocycles. The summed E-state index contributed by atoms with van der Waals surface area (Å²) in [5, 5.41) is 1.43. The third-order valence-electron chi connectivity index (χ3n) is 2.91. The quantitative estimate of drug-likeness (QED) is 0.658. The van der Waals surface area contributed by atoms with Crippen LogP contribution in [0.4, 0.5) is 0 Å². The van der Waals surface area contributed by atoms with E-state index in [0.29, 0.717) is 10.9 Å². The Morgan fingerprint density at radius 3 is 2.88 bits per heavy atom. The third kappa shape index (κ3) is 2.66. The van der Waals surface area contributed by atoms with Crippen molar-refractivity contribution in [1.82, 2.24) is 5.43 Å². The van der Waals surface area contributed by atoms with Crippen LogP contribution in [0.3, 0.4) is 0 Å². The molecule has 88 valence electrons. The van der Waals surface area contributed by atoms with Crippen LogP contribution < -0.4 is 11.3 Å². The highest BCUT2D eigenvalue weighted by atomic mass is 35.5. The van der Waals surface area contributed by atoms with Gasteiger partial charge in [0.1, 0.15) is 0 Å². The molecule has 2 nitrogen and oxygen atoms in total. The number of nitrogens with one attached hydrogen (secondary N) is 1. The largest absolute Gasteiger partial charge is 0.271 e. The number of nitrogens with two attached hydrogens (primary N) is 1. The van der Waals surface area contributed by atoms with Gasteiger partial charge < -0.3 is 0 Å². The van der Waals surface area contributed by atoms with Gasteiger partial charge in [0.05, 0.1) is 6.04 Å². The van der Waals surface area contributed by atoms with Gasteiger partial charge in [-0.25, -0.2) is 0 Å². The molecule has 0 saturated carbocycles. The summed E-state index contributed by atoms with van der Waals surface area (Å²) >= 11 is 14.1. The zero-order valence-corrected chi connectivity index (χ0v) is 11.1. The third-order valence-corrected chi connectivity index (χ3v) is 4.68. The predicted molar refractivity (Wildman–Crippen MR) is 72.0 cm³/mol. The van der Waals surface area contributed by atoms with Crippen molar-refractivity contribution in [2.45, 2.75) is 12.5 Å². The standard InChI is InChI=1S/C11H14Cl2N2S/c12-8-1-2-10(13)9(5-8)11(15-14)7-3-4-16-6-7/h1-2,5,7,11,15H,3-4,6,14H2. The van der Waals surface area contributed by atoms with Crippen molar-refractivity contribution < 1.29 is 0 Å². The lowest BCUT2D eigenvalue weighted by Gasteiger charge is -2.23. The summed E-state index contributed by atoms with van der Waals surface area (Å²) in [6, 6.07) is 5.62. The molecule has 1 aliphatic heterocycles. The van der Waals surface area contributed by atoms with Gasteiger partial charge in [0, 0.05) is 10.0 Å². The van der Waals surface area contributed by atoms with Gasteiger partial charge in [-0.15, -0.1) is 0 Å². The molecule has 0 bridgehead atoms. The van der Waals surface area contributed by atoms with Crippen LogP contribution in [0, 0.1) is 5.92 Å². The second kappa shape index (κ2) is 5.61. The summed E-state index contributed by atoms with van der Waals surface area (Å²) in [5.41, 5.74) is 3.88. The summed E-state index contributed by atoms with van der Waals surface area (Å²) in [6.07, 6.45) is 1.17. The SMILES string of the molecule is NNC(c1cc(Cl)ccc1Cl)C1CCSC1. The molecule has 3 N–H and O–H groups in total. The Labute approximate surface area is 110 Å². The number of halogens is 2. The maximum Gasteiger partial charge on any atom is 0.0511 e. The molecule has 0 spiro atoms. The summed E-state index contributed by atoms with van der Waals surface area (Å²) < 4.78 is 0. The van der Waals surface area contributed by atoms with Gasteiger partial charge in [-0.1, -0.05) is 23.2 Å². The number of rotatable bonds is 3. The molecule has 0 radical (unpaired) electrons. The van der Waals surface area contributed by atoms with Crippen LogP contribution in [0.1, 0.15) is 18.0 Å². The molecule has 1 aromatic carbocycles. The smallest absolute Gasteiger partial charge is 0.0511 e. The molecule has 5 heteroatoms. The molecule has 0 aliphatic carbocycles. The first-order valence-electron chi connectivity index (χ1n) is 5.21. The van der Waals surface area contributed by atoms with E-state index in [9.17, 15) is 0 Å². The van der Waals surface area contributed by atoms with Gasteiger partial charge in [0.15, 0.2) is 0 Å². The van der Waals surface area contributed by atoms with Gasteiger partial charge in [0.25, 0.3) is 0 Å². The van der Waals surface area contributed by atoms with E-state index >= 15 is 0 Å². The maximum atomic E-state index is 6.19. The van der Waals surface area contributed by atoms with E-state index in [1.54, 1.807) is 6.07 Å². The van der Waals surface area contributed by atoms with E-state index in [1.807, 2.05) is 23.9 Å². The molecule has 16 heavy (non-hydrogen) atoms. The first kappa shape index (κ1) is 12.5. The van der Waals surface area contributed by atoms with Crippen LogP contribution in [-0.2, 0) is 0 Å². The van der Waals surface area contributed by atoms with E-state index < -0.39 is 0 Å². The zero-order chi connectivity index (χ0) is 11.5. The highest BCUT2D eigenvalue weighted by Gasteiger charge is 2.27. The first-order chi connectivity index (χ1) is 7.72. The summed E-state index contributed by atoms with van der Waals surface area (Å²) in [7, 11) is 0. The predicted octanol–water partition coefficient (Wildman–Crippen LogP) is 3.25. The van der Waals surface area contributed by atoms with Crippen molar-refractivity contribution in [1.29, 1.82) is 0 Å². The van der Waals surface area contributed by atoms with Crippen molar-refractivity contribution in [3.05, 3.63) is 33.8 Å². The number of benzene rings is 1. The lowest BCUT2D eigenvalue weighted by atomic mass is 9.93. The Bertz CT molecular complexity index is 367. The Kier molecular flexibility index (Phi) is 4.39. The minimum absolute atomic E-state index is 0.0983. The number of hydrazine groups is 1. The fraction of sp³-hybridized carbons (Fsp3) is 0.455. The average Bonchev–Trinajstić information content (AvgIpc) is 2.78. The Hall–Kier alpha value is 0.0700. The Morgan fingerprint density at radius 2 is 2.25 bits per heavy atom. The lowest BCUT2D eigenvalue weighted by Crippen LogP contribution is -2.33. The molecule has 2 rings (SSSR count). The van der Waals surface area contributed by atoms with Crippen molar-refractivity contribution in [3.8, 4) is 0 Å². The number of hydrogen-bond donors (Lipinski definition) is 2. The van der Waals surface area contributed by atoms with E-state index in [-0.39, 0.29) is 6.04 Å². The van der Waals surface area contributed by atoms with Crippen LogP contribution in [0.2, 0.25) is 10.0 Å². The molecular formula is C11H14Cl2N2S. The summed E-state index contributed by atoms with van der Waals surface area (Å²) in [4.78, 5) is 0. The van der Waals surface area contributed by atoms with E-state index in [4.69, 9.17) is 29.0 Å². The highest BCUT2D eigenvalue weighted by molar-refractivity contribution is 7.99. The molecule has 1 fully saturated rings. The monoisotopic (exact) mass is 276 g/mol. The van der Waals surface area contributed by atoms with Crippen LogP contribution in [0.15, 0.2) is 18.2 Å². The molecule has 0 amide bonds. The van der Waals surface area contributed by atoms with Gasteiger partial charge >= 0.3 is 0 Å². The molecule has 2 unspecified atom stereocenters. The molecule has 2 atom stereocenters. The van der Waals surface area contributed by atoms with Crippen LogP contribution in [0.25, 0.3) is 0 Å². The van der Waals surface area contributed by atoms with Crippen molar-refractivity contribution >= 4 is 35.0 Å². The Balaban J connectivity index is 2.28. The molecular weight excluding hydrogens is 263 g/mol. The van der Waals surface area contributed by atoms with Gasteiger partial charge in [-0.3, -0.25) is 11.3 Å². The average molecular weight is 277 g/mol. The van der Waals surface area contributed by atoms with Crippen molar-refractivity contribution in [2.75, 3.05) is 11.5 Å². The molecule has 1 aliphatic rings. The van der Waals surface area contributed by atoms with E-state index in [0.717, 1.165) is 16.3 Å². The minimum atomic E-state index is 0.0983. The van der Waals surface area contributed by atoms with Crippen LogP contribution in [0.5, 0.6) is 0 Å². The highest BCUT2D eigenvalue weighted by Crippen LogP contribution is 2.37. The fourth-order valence-electron chi connectivity index (χ4n) is 2.05. The summed E-state index contributed by atoms with van der Waals surface area (Å²) in [5.74, 6) is 8.49. The topological polar surface area (TPSA) is 38.0 Å². The van der Waals surface area contributed by atoms with Gasteiger partial charge in [-0.2, -0.15) is 11.8 Å². The van der Waals surface area contributed by atoms with Crippen molar-refractivity contribution in [2.24, 2.45) is 11.8 Å².